The Bertz CT molecular complexity index is 2830. The molecule has 6 heteroatoms. The molecular weight excluding hydrogens is 861 g/mol. The normalized spacial score (nSPS) is 14.8. The number of rotatable bonds is 18. The molecule has 0 spiro atoms. The number of benzene rings is 6. The molecular formula is C64H60N2O4. The van der Waals surface area contributed by atoms with Crippen molar-refractivity contribution in [3.8, 4) is 0 Å². The third kappa shape index (κ3) is 8.76. The molecule has 2 aliphatic heterocycles. The first kappa shape index (κ1) is 46.3. The second-order valence-electron chi connectivity index (χ2n) is 19.1. The maximum atomic E-state index is 15.2. The number of unbranched alkanes of at least 4 members (excludes halogenated alkanes) is 10. The molecule has 0 N–H and O–H groups in total. The van der Waals surface area contributed by atoms with Crippen molar-refractivity contribution in [2.24, 2.45) is 0 Å². The molecule has 6 aromatic rings. The summed E-state index contributed by atoms with van der Waals surface area (Å²) in [6.45, 7) is 5.49. The maximum absolute atomic E-state index is 15.2. The standard InChI is InChI=1S/C64H60N2O4/c1-3-5-7-9-11-21-39-65-59(45-35-31-43(32-36-45)41-55-47-23-13-17-27-51(47)61(67)52-28-18-14-24-48(52)55)57-58(63(65)69)60(66(64(57)70)40-22-12-10-8-6-4-2)46-37-33-44(34-38-46)42-56-49-25-15-19-29-53(49)62(68)54-30-20-16-26-50(54)56/h13-20,23-38,41-42H,3-12,21-22,39-40H2,1-2H3. The molecule has 6 nitrogen and oxygen atoms in total. The van der Waals surface area contributed by atoms with Crippen LogP contribution in [0.25, 0.3) is 34.7 Å². The van der Waals surface area contributed by atoms with Crippen molar-refractivity contribution in [1.29, 1.82) is 0 Å². The summed E-state index contributed by atoms with van der Waals surface area (Å²) in [7, 11) is 0. The molecule has 0 radical (unpaired) electrons. The summed E-state index contributed by atoms with van der Waals surface area (Å²) in [4.78, 5) is 61.2. The van der Waals surface area contributed by atoms with E-state index in [2.05, 4.69) is 50.3 Å². The zero-order valence-electron chi connectivity index (χ0n) is 40.4. The molecule has 0 aromatic heterocycles. The monoisotopic (exact) mass is 920 g/mol. The van der Waals surface area contributed by atoms with Crippen LogP contribution >= 0.6 is 0 Å². The average molecular weight is 921 g/mol. The van der Waals surface area contributed by atoms with Crippen molar-refractivity contribution in [3.63, 3.8) is 0 Å². The maximum Gasteiger partial charge on any atom is 0.261 e. The van der Waals surface area contributed by atoms with Crippen LogP contribution in [-0.2, 0) is 9.59 Å². The van der Waals surface area contributed by atoms with Gasteiger partial charge < -0.3 is 9.80 Å². The third-order valence-corrected chi connectivity index (χ3v) is 14.5. The predicted molar refractivity (Wildman–Crippen MR) is 283 cm³/mol. The first-order valence-electron chi connectivity index (χ1n) is 25.6. The summed E-state index contributed by atoms with van der Waals surface area (Å²) in [5.41, 5.74) is 14.3. The second kappa shape index (κ2) is 20.7. The average Bonchev–Trinajstić information content (AvgIpc) is 3.85. The Morgan fingerprint density at radius 2 is 0.629 bits per heavy atom. The second-order valence-corrected chi connectivity index (χ2v) is 19.1. The molecule has 0 atom stereocenters. The Balaban J connectivity index is 1.05. The Morgan fingerprint density at radius 3 is 0.943 bits per heavy atom. The van der Waals surface area contributed by atoms with Gasteiger partial charge in [-0.15, -0.1) is 0 Å². The smallest absolute Gasteiger partial charge is 0.261 e. The fraction of sp³-hybridized carbons (Fsp3) is 0.250. The van der Waals surface area contributed by atoms with E-state index in [-0.39, 0.29) is 23.4 Å². The van der Waals surface area contributed by atoms with Crippen LogP contribution in [0.4, 0.5) is 0 Å². The van der Waals surface area contributed by atoms with E-state index in [1.54, 1.807) is 0 Å². The van der Waals surface area contributed by atoms with Crippen LogP contribution in [0.5, 0.6) is 0 Å². The summed E-state index contributed by atoms with van der Waals surface area (Å²) < 4.78 is 0. The molecule has 0 saturated heterocycles. The van der Waals surface area contributed by atoms with E-state index in [1.807, 2.05) is 131 Å². The lowest BCUT2D eigenvalue weighted by molar-refractivity contribution is -0.124. The van der Waals surface area contributed by atoms with E-state index in [9.17, 15) is 9.59 Å². The zero-order chi connectivity index (χ0) is 48.1. The van der Waals surface area contributed by atoms with Gasteiger partial charge in [0.15, 0.2) is 11.6 Å². The third-order valence-electron chi connectivity index (χ3n) is 14.5. The number of hydrogen-bond acceptors (Lipinski definition) is 4. The van der Waals surface area contributed by atoms with Gasteiger partial charge >= 0.3 is 0 Å². The highest BCUT2D eigenvalue weighted by molar-refractivity contribution is 6.30. The Kier molecular flexibility index (Phi) is 13.7. The first-order valence-corrected chi connectivity index (χ1v) is 25.6. The highest BCUT2D eigenvalue weighted by Gasteiger charge is 2.48. The Hall–Kier alpha value is -7.44. The van der Waals surface area contributed by atoms with Gasteiger partial charge in [-0.05, 0) is 80.6 Å². The summed E-state index contributed by atoms with van der Waals surface area (Å²) >= 11 is 0. The summed E-state index contributed by atoms with van der Waals surface area (Å²) in [6.07, 6.45) is 17.3. The number of carbonyl (C=O) groups excluding carboxylic acids is 4. The molecule has 4 aliphatic rings. The van der Waals surface area contributed by atoms with Gasteiger partial charge in [-0.1, -0.05) is 224 Å². The van der Waals surface area contributed by atoms with Gasteiger partial charge in [0.1, 0.15) is 0 Å². The molecule has 0 bridgehead atoms. The van der Waals surface area contributed by atoms with Crippen LogP contribution in [0.2, 0.25) is 0 Å². The molecule has 6 aromatic carbocycles. The van der Waals surface area contributed by atoms with E-state index in [0.29, 0.717) is 57.9 Å². The fourth-order valence-electron chi connectivity index (χ4n) is 10.9. The molecule has 10 rings (SSSR count). The van der Waals surface area contributed by atoms with Gasteiger partial charge in [-0.2, -0.15) is 0 Å². The van der Waals surface area contributed by atoms with Gasteiger partial charge in [0.25, 0.3) is 11.8 Å². The predicted octanol–water partition coefficient (Wildman–Crippen LogP) is 14.5. The highest BCUT2D eigenvalue weighted by Crippen LogP contribution is 2.47. The van der Waals surface area contributed by atoms with Crippen molar-refractivity contribution in [2.75, 3.05) is 13.1 Å². The Morgan fingerprint density at radius 1 is 0.343 bits per heavy atom. The van der Waals surface area contributed by atoms with Crippen LogP contribution in [0, 0.1) is 0 Å². The fourth-order valence-corrected chi connectivity index (χ4v) is 10.9. The van der Waals surface area contributed by atoms with Crippen molar-refractivity contribution < 1.29 is 19.2 Å². The van der Waals surface area contributed by atoms with Crippen molar-refractivity contribution in [2.45, 2.75) is 90.9 Å². The van der Waals surface area contributed by atoms with Crippen molar-refractivity contribution in [3.05, 3.63) is 224 Å². The minimum atomic E-state index is -0.120. The number of nitrogens with zero attached hydrogens (tertiary/aromatic N) is 2. The molecule has 2 aliphatic carbocycles. The topological polar surface area (TPSA) is 74.8 Å². The largest absolute Gasteiger partial charge is 0.307 e. The van der Waals surface area contributed by atoms with Crippen LogP contribution in [0.15, 0.2) is 157 Å². The van der Waals surface area contributed by atoms with Gasteiger partial charge in [-0.25, -0.2) is 0 Å². The van der Waals surface area contributed by atoms with Crippen molar-refractivity contribution >= 4 is 58.1 Å². The molecule has 0 unspecified atom stereocenters. The summed E-state index contributed by atoms with van der Waals surface area (Å²) in [5.74, 6) is -0.181. The van der Waals surface area contributed by atoms with E-state index in [0.717, 1.165) is 94.2 Å². The number of ketones is 2. The molecule has 70 heavy (non-hydrogen) atoms. The number of hydrogen-bond donors (Lipinski definition) is 0. The molecule has 2 amide bonds. The molecule has 0 fully saturated rings. The minimum Gasteiger partial charge on any atom is -0.307 e. The van der Waals surface area contributed by atoms with Gasteiger partial charge in [-0.3, -0.25) is 19.2 Å². The van der Waals surface area contributed by atoms with E-state index in [1.165, 1.54) is 38.5 Å². The van der Waals surface area contributed by atoms with Crippen LogP contribution < -0.4 is 0 Å². The quantitative estimate of drug-likeness (QED) is 0.0804. The van der Waals surface area contributed by atoms with Crippen LogP contribution in [0.1, 0.15) is 167 Å². The van der Waals surface area contributed by atoms with Gasteiger partial charge in [0.05, 0.1) is 22.5 Å². The number of amides is 2. The van der Waals surface area contributed by atoms with E-state index in [4.69, 9.17) is 0 Å². The van der Waals surface area contributed by atoms with E-state index >= 15 is 9.59 Å². The van der Waals surface area contributed by atoms with Gasteiger partial charge in [0.2, 0.25) is 0 Å². The van der Waals surface area contributed by atoms with Crippen LogP contribution in [0.3, 0.4) is 0 Å². The zero-order valence-corrected chi connectivity index (χ0v) is 40.4. The number of fused-ring (bicyclic) bond motifs is 5. The van der Waals surface area contributed by atoms with Gasteiger partial charge in [0, 0.05) is 35.3 Å². The lowest BCUT2D eigenvalue weighted by atomic mass is 9.80. The molecule has 0 saturated carbocycles. The molecule has 2 heterocycles. The summed E-state index contributed by atoms with van der Waals surface area (Å²) in [5, 5.41) is 0. The molecule has 350 valence electrons. The minimum absolute atomic E-state index is 0.0299. The van der Waals surface area contributed by atoms with E-state index < -0.39 is 0 Å². The summed E-state index contributed by atoms with van der Waals surface area (Å²) in [6, 6.07) is 47.6. The number of carbonyl (C=O) groups is 4. The first-order chi connectivity index (χ1) is 34.4. The van der Waals surface area contributed by atoms with Crippen molar-refractivity contribution in [1.82, 2.24) is 9.80 Å². The van der Waals surface area contributed by atoms with Crippen LogP contribution in [-0.4, -0.2) is 46.3 Å². The lowest BCUT2D eigenvalue weighted by Gasteiger charge is -2.26. The highest BCUT2D eigenvalue weighted by atomic mass is 16.2. The Labute approximate surface area is 412 Å². The lowest BCUT2D eigenvalue weighted by Crippen LogP contribution is -2.31. The SMILES string of the molecule is CCCCCCCCN1C(=O)C2=C(c3ccc(C=C4c5ccccc5C(=O)c5ccccc54)cc3)N(CCCCCCCC)C(=O)C2=C1c1ccc(C=C2c3ccccc3C(=O)c3ccccc32)cc1.